The summed E-state index contributed by atoms with van der Waals surface area (Å²) in [6.07, 6.45) is 0. The lowest BCUT2D eigenvalue weighted by Crippen LogP contribution is -2.14. The molecule has 0 bridgehead atoms. The number of pyridine rings is 1. The van der Waals surface area contributed by atoms with Gasteiger partial charge in [0.15, 0.2) is 5.78 Å². The van der Waals surface area contributed by atoms with Crippen LogP contribution in [0.4, 0.5) is 5.69 Å². The number of ketones is 1. The quantitative estimate of drug-likeness (QED) is 0.554. The molecule has 0 aliphatic rings. The summed E-state index contributed by atoms with van der Waals surface area (Å²) in [5.74, 6) is -0.388. The monoisotopic (exact) mass is 197 g/mol. The third-order valence-corrected chi connectivity index (χ3v) is 1.69. The summed E-state index contributed by atoms with van der Waals surface area (Å²) in [7, 11) is 0. The molecule has 0 spiro atoms. The first-order chi connectivity index (χ1) is 6.02. The Morgan fingerprint density at radius 3 is 2.77 bits per heavy atom. The molecule has 0 saturated carbocycles. The summed E-state index contributed by atoms with van der Waals surface area (Å²) in [4.78, 5) is 14.6. The number of nitrogens with zero attached hydrogens (tertiary/aromatic N) is 1. The number of anilines is 1. The summed E-state index contributed by atoms with van der Waals surface area (Å²) >= 11 is 5.59. The van der Waals surface area contributed by atoms with Crippen molar-refractivity contribution < 1.29 is 4.79 Å². The lowest BCUT2D eigenvalue weighted by atomic mass is 10.1. The molecule has 68 valence electrons. The largest absolute Gasteiger partial charge is 0.397 e. The molecule has 0 fully saturated rings. The zero-order chi connectivity index (χ0) is 10.0. The van der Waals surface area contributed by atoms with E-state index in [-0.39, 0.29) is 28.0 Å². The predicted octanol–water partition coefficient (Wildman–Crippen LogP) is 1.27. The van der Waals surface area contributed by atoms with Crippen molar-refractivity contribution in [3.63, 3.8) is 0 Å². The van der Waals surface area contributed by atoms with Gasteiger partial charge in [-0.3, -0.25) is 10.2 Å². The molecule has 0 aliphatic carbocycles. The molecule has 5 heteroatoms. The van der Waals surface area contributed by atoms with Crippen LogP contribution >= 0.6 is 11.6 Å². The van der Waals surface area contributed by atoms with E-state index in [9.17, 15) is 4.79 Å². The number of nitrogen functional groups attached to an aromatic ring is 1. The molecule has 1 rings (SSSR count). The molecule has 3 N–H and O–H groups in total. The molecule has 4 nitrogen and oxygen atoms in total. The lowest BCUT2D eigenvalue weighted by molar-refractivity contribution is -0.111. The van der Waals surface area contributed by atoms with Crippen molar-refractivity contribution in [2.75, 3.05) is 5.73 Å². The van der Waals surface area contributed by atoms with E-state index in [0.29, 0.717) is 0 Å². The minimum Gasteiger partial charge on any atom is -0.397 e. The summed E-state index contributed by atoms with van der Waals surface area (Å²) in [6.45, 7) is 1.28. The van der Waals surface area contributed by atoms with E-state index in [2.05, 4.69) is 4.98 Å². The number of hydrogen-bond donors (Lipinski definition) is 2. The maximum atomic E-state index is 10.8. The van der Waals surface area contributed by atoms with Gasteiger partial charge in [0.2, 0.25) is 0 Å². The molecule has 13 heavy (non-hydrogen) atoms. The van der Waals surface area contributed by atoms with Crippen molar-refractivity contribution in [3.05, 3.63) is 23.0 Å². The first kappa shape index (κ1) is 9.67. The zero-order valence-electron chi connectivity index (χ0n) is 6.97. The lowest BCUT2D eigenvalue weighted by Gasteiger charge is -2.03. The van der Waals surface area contributed by atoms with Crippen molar-refractivity contribution in [2.24, 2.45) is 0 Å². The van der Waals surface area contributed by atoms with Crippen LogP contribution in [0.1, 0.15) is 12.6 Å². The van der Waals surface area contributed by atoms with Gasteiger partial charge in [-0.2, -0.15) is 0 Å². The smallest absolute Gasteiger partial charge is 0.179 e. The van der Waals surface area contributed by atoms with Crippen molar-refractivity contribution in [3.8, 4) is 0 Å². The van der Waals surface area contributed by atoms with Crippen LogP contribution in [0.25, 0.3) is 0 Å². The Kier molecular flexibility index (Phi) is 2.63. The summed E-state index contributed by atoms with van der Waals surface area (Å²) in [6, 6.07) is 3.02. The third kappa shape index (κ3) is 2.03. The zero-order valence-corrected chi connectivity index (χ0v) is 7.72. The molecular formula is C8H8ClN3O. The number of rotatable bonds is 2. The fourth-order valence-electron chi connectivity index (χ4n) is 0.813. The van der Waals surface area contributed by atoms with Gasteiger partial charge in [0, 0.05) is 6.92 Å². The Hall–Kier alpha value is -1.42. The van der Waals surface area contributed by atoms with Crippen LogP contribution in [0, 0.1) is 5.41 Å². The Morgan fingerprint density at radius 1 is 1.62 bits per heavy atom. The van der Waals surface area contributed by atoms with Crippen molar-refractivity contribution in [1.29, 1.82) is 5.41 Å². The van der Waals surface area contributed by atoms with Gasteiger partial charge < -0.3 is 5.73 Å². The number of nitrogens with two attached hydrogens (primary N) is 1. The van der Waals surface area contributed by atoms with E-state index in [1.165, 1.54) is 19.1 Å². The van der Waals surface area contributed by atoms with Crippen LogP contribution < -0.4 is 5.73 Å². The van der Waals surface area contributed by atoms with E-state index >= 15 is 0 Å². The van der Waals surface area contributed by atoms with Gasteiger partial charge in [0.05, 0.1) is 5.69 Å². The van der Waals surface area contributed by atoms with E-state index in [1.807, 2.05) is 0 Å². The number of aromatic nitrogens is 1. The van der Waals surface area contributed by atoms with Gasteiger partial charge in [0.1, 0.15) is 16.6 Å². The normalized spacial score (nSPS) is 9.69. The predicted molar refractivity (Wildman–Crippen MR) is 51.2 cm³/mol. The van der Waals surface area contributed by atoms with Crippen LogP contribution in [0.15, 0.2) is 12.1 Å². The van der Waals surface area contributed by atoms with Gasteiger partial charge >= 0.3 is 0 Å². The number of halogens is 1. The average molecular weight is 198 g/mol. The fraction of sp³-hybridized carbons (Fsp3) is 0.125. The highest BCUT2D eigenvalue weighted by Crippen LogP contribution is 2.13. The maximum absolute atomic E-state index is 10.8. The second kappa shape index (κ2) is 3.53. The van der Waals surface area contributed by atoms with Crippen LogP contribution in [0.5, 0.6) is 0 Å². The van der Waals surface area contributed by atoms with Crippen LogP contribution in [-0.2, 0) is 4.79 Å². The van der Waals surface area contributed by atoms with E-state index < -0.39 is 0 Å². The van der Waals surface area contributed by atoms with Gasteiger partial charge in [-0.25, -0.2) is 4.98 Å². The van der Waals surface area contributed by atoms with Gasteiger partial charge in [0.25, 0.3) is 0 Å². The minimum atomic E-state index is -0.388. The van der Waals surface area contributed by atoms with E-state index in [0.717, 1.165) is 0 Å². The van der Waals surface area contributed by atoms with Crippen LogP contribution in [-0.4, -0.2) is 16.5 Å². The molecule has 0 amide bonds. The van der Waals surface area contributed by atoms with Gasteiger partial charge in [-0.05, 0) is 12.1 Å². The van der Waals surface area contributed by atoms with Crippen molar-refractivity contribution in [1.82, 2.24) is 4.98 Å². The maximum Gasteiger partial charge on any atom is 0.179 e. The summed E-state index contributed by atoms with van der Waals surface area (Å²) in [5, 5.41) is 7.59. The molecule has 1 aromatic heterocycles. The fourth-order valence-corrected chi connectivity index (χ4v) is 0.961. The standard InChI is InChI=1S/C8H8ClN3O/c1-4(13)7(11)8-5(10)2-3-6(9)12-8/h2-3,11H,10H2,1H3. The average Bonchev–Trinajstić information content (AvgIpc) is 2.08. The highest BCUT2D eigenvalue weighted by Gasteiger charge is 2.12. The molecule has 1 aromatic rings. The number of Topliss-reactive ketones (excluding diaryl/α,β-unsaturated/α-hetero) is 1. The molecule has 0 atom stereocenters. The highest BCUT2D eigenvalue weighted by atomic mass is 35.5. The molecule has 0 unspecified atom stereocenters. The Balaban J connectivity index is 3.21. The van der Waals surface area contributed by atoms with E-state index in [4.69, 9.17) is 22.7 Å². The highest BCUT2D eigenvalue weighted by molar-refractivity contribution is 6.44. The SMILES string of the molecule is CC(=O)C(=N)c1nc(Cl)ccc1N. The number of carbonyl (C=O) groups excluding carboxylic acids is 1. The van der Waals surface area contributed by atoms with Crippen LogP contribution in [0.3, 0.4) is 0 Å². The first-order valence-corrected chi connectivity index (χ1v) is 3.92. The summed E-state index contributed by atoms with van der Waals surface area (Å²) in [5.41, 5.74) is 5.71. The van der Waals surface area contributed by atoms with Gasteiger partial charge in [-0.1, -0.05) is 11.6 Å². The molecular weight excluding hydrogens is 190 g/mol. The molecule has 0 radical (unpaired) electrons. The van der Waals surface area contributed by atoms with Crippen molar-refractivity contribution >= 4 is 28.8 Å². The first-order valence-electron chi connectivity index (χ1n) is 3.54. The molecule has 1 heterocycles. The Labute approximate surface area is 80.2 Å². The minimum absolute atomic E-state index is 0.139. The second-order valence-corrected chi connectivity index (χ2v) is 2.89. The van der Waals surface area contributed by atoms with E-state index in [1.54, 1.807) is 0 Å². The molecule has 0 aliphatic heterocycles. The second-order valence-electron chi connectivity index (χ2n) is 2.50. The number of hydrogen-bond acceptors (Lipinski definition) is 4. The Morgan fingerprint density at radius 2 is 2.23 bits per heavy atom. The topological polar surface area (TPSA) is 79.8 Å². The number of nitrogens with one attached hydrogen (secondary N) is 1. The van der Waals surface area contributed by atoms with Gasteiger partial charge in [-0.15, -0.1) is 0 Å². The Bertz CT molecular complexity index is 376. The van der Waals surface area contributed by atoms with Crippen LogP contribution in [0.2, 0.25) is 5.15 Å². The third-order valence-electron chi connectivity index (χ3n) is 1.48. The molecule has 0 aromatic carbocycles. The molecule has 0 saturated heterocycles. The summed E-state index contributed by atoms with van der Waals surface area (Å²) < 4.78 is 0. The number of carbonyl (C=O) groups is 1. The van der Waals surface area contributed by atoms with Crippen molar-refractivity contribution in [2.45, 2.75) is 6.92 Å².